The topological polar surface area (TPSA) is 215 Å². The predicted octanol–water partition coefficient (Wildman–Crippen LogP) is 22.4. The first-order chi connectivity index (χ1) is 67.4. The smallest absolute Gasteiger partial charge is 0.250 e. The quantitative estimate of drug-likeness (QED) is 0.0506. The number of likely N-dealkylation sites (tertiary alicyclic amines) is 2. The molecule has 4 aliphatic heterocycles. The van der Waals surface area contributed by atoms with Crippen molar-refractivity contribution in [2.45, 2.75) is 168 Å². The number of fused-ring (bicyclic) bond motifs is 5. The minimum absolute atomic E-state index is 0.230. The Balaban J connectivity index is 0.000000106. The monoisotopic (exact) mass is 1960 g/mol. The molecule has 0 unspecified atom stereocenters. The van der Waals surface area contributed by atoms with Gasteiger partial charge in [-0.15, -0.1) is 25.5 Å². The Morgan fingerprint density at radius 2 is 0.587 bits per heavy atom. The van der Waals surface area contributed by atoms with Gasteiger partial charge in [-0.05, 0) is 226 Å². The SMILES string of the molecule is CN1CCN(Cc2ccc(-c3ccc4c(nnn4CC4CC4)c3Cl)cc2)CC1.Clc1c(-c2ccc(CN3CCOCC3)cc2)ccc2c1nnn2CC1CC1.FC(F)CNCc1ccc(-c2ccc3c(nnn3CC3CC3)c2Cl)cc1.FC1CCN(Cc2ccc(-c3ccc4c(nnn4CC4CC4)c3Cl)cc2)CC1.N#CC1CCN(Cc2ccc(-c3ccc4c(nnn4CC4CC4)c3Cl)cc2)CC1. The summed E-state index contributed by atoms with van der Waals surface area (Å²) < 4.78 is 53.0. The van der Waals surface area contributed by atoms with Crippen molar-refractivity contribution in [3.8, 4) is 61.7 Å². The van der Waals surface area contributed by atoms with Crippen molar-refractivity contribution in [3.63, 3.8) is 0 Å². The van der Waals surface area contributed by atoms with Crippen molar-refractivity contribution in [2.24, 2.45) is 35.5 Å². The molecular weight excluding hydrogens is 1840 g/mol. The summed E-state index contributed by atoms with van der Waals surface area (Å²) >= 11 is 33.4. The number of alkyl halides is 3. The maximum absolute atomic E-state index is 13.3. The maximum atomic E-state index is 13.3. The fourth-order valence-electron chi connectivity index (χ4n) is 18.9. The Hall–Kier alpha value is -10.4. The number of aromatic nitrogens is 15. The third-order valence-corrected chi connectivity index (χ3v) is 30.2. The average molecular weight is 1960 g/mol. The second-order valence-electron chi connectivity index (χ2n) is 39.2. The number of piperidine rings is 2. The summed E-state index contributed by atoms with van der Waals surface area (Å²) in [6, 6.07) is 65.4. The lowest BCUT2D eigenvalue weighted by molar-refractivity contribution is 0.0342. The van der Waals surface area contributed by atoms with Crippen molar-refractivity contribution in [2.75, 3.05) is 92.3 Å². The lowest BCUT2D eigenvalue weighted by Crippen LogP contribution is -2.43. The van der Waals surface area contributed by atoms with E-state index in [1.807, 2.05) is 59.8 Å². The van der Waals surface area contributed by atoms with E-state index in [9.17, 15) is 13.2 Å². The van der Waals surface area contributed by atoms with Crippen LogP contribution in [0.5, 0.6) is 0 Å². The molecule has 1 N–H and O–H groups in total. The fraction of sp³-hybridized carbons (Fsp3) is 0.430. The molecule has 0 bridgehead atoms. The van der Waals surface area contributed by atoms with E-state index in [-0.39, 0.29) is 12.5 Å². The highest BCUT2D eigenvalue weighted by Gasteiger charge is 2.31. The first-order valence-electron chi connectivity index (χ1n) is 49.2. The minimum atomic E-state index is -2.34. The van der Waals surface area contributed by atoms with Crippen LogP contribution in [0.2, 0.25) is 25.1 Å². The Kier molecular flexibility index (Phi) is 30.2. The van der Waals surface area contributed by atoms with Gasteiger partial charge in [0.15, 0.2) is 0 Å². The Bertz CT molecular complexity index is 6560. The molecule has 15 aromatic rings. The van der Waals surface area contributed by atoms with E-state index in [0.29, 0.717) is 55.9 Å². The van der Waals surface area contributed by atoms with E-state index in [1.54, 1.807) is 0 Å². The van der Waals surface area contributed by atoms with E-state index in [2.05, 4.69) is 240 Å². The summed E-state index contributed by atoms with van der Waals surface area (Å²) in [7, 11) is 2.19. The lowest BCUT2D eigenvalue weighted by atomic mass is 9.98. The molecule has 9 heterocycles. The number of benzene rings is 10. The van der Waals surface area contributed by atoms with Crippen LogP contribution < -0.4 is 5.32 Å². The van der Waals surface area contributed by atoms with E-state index < -0.39 is 12.6 Å². The van der Waals surface area contributed by atoms with Gasteiger partial charge in [0.2, 0.25) is 0 Å². The van der Waals surface area contributed by atoms with Crippen LogP contribution in [0.25, 0.3) is 111 Å². The van der Waals surface area contributed by atoms with Crippen LogP contribution in [-0.4, -0.2) is 204 Å². The van der Waals surface area contributed by atoms with Gasteiger partial charge in [-0.1, -0.05) is 236 Å². The first-order valence-corrected chi connectivity index (χ1v) is 51.1. The molecule has 0 radical (unpaired) electrons. The molecule has 24 rings (SSSR count). The number of likely N-dealkylation sites (N-methyl/N-ethyl adjacent to an activating group) is 1. The summed E-state index contributed by atoms with van der Waals surface area (Å²) in [4.78, 5) is 12.1. The number of rotatable bonds is 27. The molecule has 5 saturated carbocycles. The zero-order chi connectivity index (χ0) is 94.3. The molecule has 9 fully saturated rings. The van der Waals surface area contributed by atoms with Gasteiger partial charge in [-0.25, -0.2) is 36.6 Å². The third kappa shape index (κ3) is 23.8. The van der Waals surface area contributed by atoms with E-state index >= 15 is 0 Å². The molecule has 138 heavy (non-hydrogen) atoms. The Morgan fingerprint density at radius 3 is 0.848 bits per heavy atom. The van der Waals surface area contributed by atoms with Crippen molar-refractivity contribution in [1.82, 2.24) is 105 Å². The number of nitrogens with one attached hydrogen (secondary N) is 1. The van der Waals surface area contributed by atoms with Crippen LogP contribution in [0.15, 0.2) is 182 Å². The molecule has 4 saturated heterocycles. The van der Waals surface area contributed by atoms with Crippen LogP contribution in [0.1, 0.15) is 118 Å². The fourth-order valence-corrected chi connectivity index (χ4v) is 20.4. The average Bonchev–Trinajstić information content (AvgIpc) is 1.64. The molecular formula is C107H116Cl5F3N22O. The molecule has 5 aromatic heterocycles. The first kappa shape index (κ1) is 95.2. The van der Waals surface area contributed by atoms with Crippen LogP contribution in [0, 0.1) is 46.8 Å². The number of halogens is 8. The van der Waals surface area contributed by atoms with Gasteiger partial charge in [0.05, 0.1) is 78.5 Å². The molecule has 9 aliphatic rings. The highest BCUT2D eigenvalue weighted by Crippen LogP contribution is 2.43. The Morgan fingerprint density at radius 1 is 0.333 bits per heavy atom. The second-order valence-corrected chi connectivity index (χ2v) is 41.0. The zero-order valence-corrected chi connectivity index (χ0v) is 81.7. The van der Waals surface area contributed by atoms with Gasteiger partial charge in [-0.2, -0.15) is 5.26 Å². The summed E-state index contributed by atoms with van der Waals surface area (Å²) in [6.07, 6.45) is 13.1. The molecule has 23 nitrogen and oxygen atoms in total. The molecule has 0 amide bonds. The number of nitriles is 1. The summed E-state index contributed by atoms with van der Waals surface area (Å²) in [6.45, 7) is 20.4. The van der Waals surface area contributed by atoms with Crippen molar-refractivity contribution in [3.05, 3.63) is 235 Å². The second kappa shape index (κ2) is 43.8. The van der Waals surface area contributed by atoms with Crippen LogP contribution in [-0.2, 0) is 70.2 Å². The molecule has 0 atom stereocenters. The van der Waals surface area contributed by atoms with Gasteiger partial charge >= 0.3 is 0 Å². The van der Waals surface area contributed by atoms with Gasteiger partial charge in [-0.3, -0.25) is 19.6 Å². The molecule has 716 valence electrons. The minimum Gasteiger partial charge on any atom is -0.379 e. The zero-order valence-electron chi connectivity index (χ0n) is 77.9. The van der Waals surface area contributed by atoms with Crippen molar-refractivity contribution < 1.29 is 17.9 Å². The lowest BCUT2D eigenvalue weighted by Gasteiger charge is -2.32. The van der Waals surface area contributed by atoms with Crippen LogP contribution in [0.4, 0.5) is 13.2 Å². The van der Waals surface area contributed by atoms with Gasteiger partial charge in [0.1, 0.15) is 33.8 Å². The number of ether oxygens (including phenoxy) is 1. The number of hydrogen-bond acceptors (Lipinski definition) is 18. The van der Waals surface area contributed by atoms with E-state index in [4.69, 9.17) is 68.0 Å². The molecule has 0 spiro atoms. The maximum Gasteiger partial charge on any atom is 0.250 e. The molecule has 31 heteroatoms. The number of hydrogen-bond donors (Lipinski definition) is 1. The van der Waals surface area contributed by atoms with Crippen LogP contribution in [0.3, 0.4) is 0 Å². The highest BCUT2D eigenvalue weighted by molar-refractivity contribution is 6.40. The highest BCUT2D eigenvalue weighted by atomic mass is 35.5. The van der Waals surface area contributed by atoms with E-state index in [0.717, 1.165) is 285 Å². The standard InChI is InChI=1S/C23H24ClN5.C22H24ClFN4.C22H26ClN5.C21H23ClN4O.C19H19ClF2N4/c24-22-20(7-8-21-23(22)26-27-29(21)15-18-1-2-18)19-5-3-17(4-6-19)14-28-11-9-16(13-25)10-12-28;23-21-19(7-8-20-22(21)25-26-28(20)14-16-1-2-16)17-5-3-15(4-6-17)13-27-11-9-18(24)10-12-27;1-26-10-12-27(13-11-26)14-16-4-6-18(7-5-16)19-8-9-20-22(21(19)23)24-25-28(20)15-17-2-3-17;22-20-18(7-8-19-21(20)23-24-26(19)14-16-1-2-16)17-5-3-15(4-6-17)13-25-9-11-27-12-10-25;20-18-15(14-5-3-12(4-6-14)9-23-10-17(21)22)7-8-16-19(18)24-25-26(16)11-13-1-2-13/h3-8,16,18H,1-2,9-12,14-15H2;3-8,16,18H,1-2,9-14H2;4-9,17H,2-3,10-15H2,1H3;3-8,16H,1-2,9-14H2;3-8,13,17,23H,1-2,9-11H2. The predicted molar refractivity (Wildman–Crippen MR) is 543 cm³/mol. The van der Waals surface area contributed by atoms with Gasteiger partial charge in [0.25, 0.3) is 6.43 Å². The number of nitrogens with zero attached hydrogens (tertiary/aromatic N) is 21. The van der Waals surface area contributed by atoms with Crippen molar-refractivity contribution >= 4 is 113 Å². The normalized spacial score (nSPS) is 17.7. The third-order valence-electron chi connectivity index (χ3n) is 28.3. The number of piperazine rings is 1. The van der Waals surface area contributed by atoms with E-state index in [1.165, 1.54) is 86.5 Å². The summed E-state index contributed by atoms with van der Waals surface area (Å²) in [5.74, 6) is 3.95. The van der Waals surface area contributed by atoms with Gasteiger partial charge in [0, 0.05) is 152 Å². The summed E-state index contributed by atoms with van der Waals surface area (Å²) in [5.41, 5.74) is 25.4. The molecule has 10 aromatic carbocycles. The van der Waals surface area contributed by atoms with Crippen LogP contribution >= 0.6 is 58.0 Å². The van der Waals surface area contributed by atoms with Crippen molar-refractivity contribution in [1.29, 1.82) is 5.26 Å². The van der Waals surface area contributed by atoms with Gasteiger partial charge < -0.3 is 15.0 Å². The molecule has 5 aliphatic carbocycles. The summed E-state index contributed by atoms with van der Waals surface area (Å²) in [5, 5.41) is 58.2. The number of morpholine rings is 1. The Labute approximate surface area is 827 Å². The largest absolute Gasteiger partial charge is 0.379 e.